The smallest absolute Gasteiger partial charge is 0.155 e. The molecule has 0 fully saturated rings. The first-order valence-electron chi connectivity index (χ1n) is 7.33. The standard InChI is InChI=1S/C16H27NO3S/c1-11(2)21(18,19)7-6-20-16-12(3)8-15(9-13(16)4)10-14(5)17/h8-9,11,14H,6-7,10,17H2,1-5H3. The lowest BCUT2D eigenvalue weighted by molar-refractivity contribution is 0.335. The van der Waals surface area contributed by atoms with Crippen molar-refractivity contribution >= 4 is 9.84 Å². The third-order valence-corrected chi connectivity index (χ3v) is 5.58. The van der Waals surface area contributed by atoms with Gasteiger partial charge in [-0.25, -0.2) is 8.42 Å². The Kier molecular flexibility index (Phi) is 6.23. The van der Waals surface area contributed by atoms with E-state index in [0.717, 1.165) is 23.3 Å². The molecule has 1 aromatic rings. The van der Waals surface area contributed by atoms with Crippen molar-refractivity contribution in [1.82, 2.24) is 0 Å². The molecule has 0 heterocycles. The van der Waals surface area contributed by atoms with Crippen molar-refractivity contribution in [2.45, 2.75) is 52.3 Å². The molecule has 2 N–H and O–H groups in total. The monoisotopic (exact) mass is 313 g/mol. The number of sulfone groups is 1. The number of hydrogen-bond acceptors (Lipinski definition) is 4. The molecule has 1 atom stereocenters. The van der Waals surface area contributed by atoms with Crippen LogP contribution in [0.3, 0.4) is 0 Å². The molecule has 0 amide bonds. The molecule has 1 aromatic carbocycles. The lowest BCUT2D eigenvalue weighted by Crippen LogP contribution is -2.22. The van der Waals surface area contributed by atoms with Crippen molar-refractivity contribution < 1.29 is 13.2 Å². The van der Waals surface area contributed by atoms with E-state index in [1.165, 1.54) is 5.56 Å². The quantitative estimate of drug-likeness (QED) is 0.839. The van der Waals surface area contributed by atoms with E-state index in [9.17, 15) is 8.42 Å². The molecule has 0 aliphatic heterocycles. The molecule has 0 aliphatic carbocycles. The van der Waals surface area contributed by atoms with Crippen LogP contribution >= 0.6 is 0 Å². The maximum absolute atomic E-state index is 11.8. The van der Waals surface area contributed by atoms with Crippen LogP contribution in [0.1, 0.15) is 37.5 Å². The van der Waals surface area contributed by atoms with Gasteiger partial charge in [-0.15, -0.1) is 0 Å². The molecule has 1 rings (SSSR count). The van der Waals surface area contributed by atoms with E-state index in [4.69, 9.17) is 10.5 Å². The zero-order valence-corrected chi connectivity index (χ0v) is 14.5. The van der Waals surface area contributed by atoms with E-state index in [1.807, 2.05) is 20.8 Å². The molecule has 0 bridgehead atoms. The van der Waals surface area contributed by atoms with Gasteiger partial charge in [0, 0.05) is 6.04 Å². The highest BCUT2D eigenvalue weighted by atomic mass is 32.2. The summed E-state index contributed by atoms with van der Waals surface area (Å²) >= 11 is 0. The number of benzene rings is 1. The van der Waals surface area contributed by atoms with Gasteiger partial charge in [0.2, 0.25) is 0 Å². The van der Waals surface area contributed by atoms with Crippen molar-refractivity contribution in [3.8, 4) is 5.75 Å². The first-order chi connectivity index (χ1) is 9.63. The molecule has 0 aromatic heterocycles. The van der Waals surface area contributed by atoms with Gasteiger partial charge in [0.05, 0.1) is 11.0 Å². The fourth-order valence-electron chi connectivity index (χ4n) is 2.25. The van der Waals surface area contributed by atoms with Crippen LogP contribution in [0.25, 0.3) is 0 Å². The molecular weight excluding hydrogens is 286 g/mol. The maximum Gasteiger partial charge on any atom is 0.155 e. The SMILES string of the molecule is Cc1cc(CC(C)N)cc(C)c1OCCS(=O)(=O)C(C)C. The minimum atomic E-state index is -3.06. The highest BCUT2D eigenvalue weighted by Crippen LogP contribution is 2.25. The highest BCUT2D eigenvalue weighted by Gasteiger charge is 2.16. The number of aryl methyl sites for hydroxylation is 2. The van der Waals surface area contributed by atoms with E-state index < -0.39 is 9.84 Å². The number of rotatable bonds is 7. The van der Waals surface area contributed by atoms with E-state index in [2.05, 4.69) is 12.1 Å². The first-order valence-corrected chi connectivity index (χ1v) is 9.05. The average Bonchev–Trinajstić information content (AvgIpc) is 2.31. The minimum Gasteiger partial charge on any atom is -0.492 e. The summed E-state index contributed by atoms with van der Waals surface area (Å²) in [4.78, 5) is 0. The lowest BCUT2D eigenvalue weighted by atomic mass is 10.0. The Morgan fingerprint density at radius 2 is 1.67 bits per heavy atom. The Morgan fingerprint density at radius 1 is 1.14 bits per heavy atom. The fourth-order valence-corrected chi connectivity index (χ4v) is 3.04. The zero-order chi connectivity index (χ0) is 16.2. The number of nitrogens with two attached hydrogens (primary N) is 1. The Hall–Kier alpha value is -1.07. The third-order valence-electron chi connectivity index (χ3n) is 3.41. The van der Waals surface area contributed by atoms with Gasteiger partial charge < -0.3 is 10.5 Å². The molecular formula is C16H27NO3S. The van der Waals surface area contributed by atoms with Gasteiger partial charge >= 0.3 is 0 Å². The van der Waals surface area contributed by atoms with Gasteiger partial charge in [-0.3, -0.25) is 0 Å². The van der Waals surface area contributed by atoms with Crippen molar-refractivity contribution in [1.29, 1.82) is 0 Å². The van der Waals surface area contributed by atoms with Crippen molar-refractivity contribution in [3.05, 3.63) is 28.8 Å². The van der Waals surface area contributed by atoms with Gasteiger partial charge in [0.15, 0.2) is 9.84 Å². The summed E-state index contributed by atoms with van der Waals surface area (Å²) in [5.74, 6) is 0.827. The van der Waals surface area contributed by atoms with E-state index in [-0.39, 0.29) is 23.7 Å². The summed E-state index contributed by atoms with van der Waals surface area (Å²) in [5, 5.41) is -0.364. The van der Waals surface area contributed by atoms with Crippen LogP contribution in [0, 0.1) is 13.8 Å². The van der Waals surface area contributed by atoms with Crippen LogP contribution < -0.4 is 10.5 Å². The van der Waals surface area contributed by atoms with Crippen LogP contribution in [0.2, 0.25) is 0 Å². The summed E-state index contributed by atoms with van der Waals surface area (Å²) in [7, 11) is -3.06. The van der Waals surface area contributed by atoms with Gasteiger partial charge in [0.1, 0.15) is 12.4 Å². The maximum atomic E-state index is 11.8. The summed E-state index contributed by atoms with van der Waals surface area (Å²) < 4.78 is 29.2. The zero-order valence-electron chi connectivity index (χ0n) is 13.6. The van der Waals surface area contributed by atoms with Crippen LogP contribution in [-0.2, 0) is 16.3 Å². The van der Waals surface area contributed by atoms with Crippen molar-refractivity contribution in [3.63, 3.8) is 0 Å². The number of ether oxygens (including phenoxy) is 1. The normalized spacial score (nSPS) is 13.5. The van der Waals surface area contributed by atoms with Crippen LogP contribution in [0.5, 0.6) is 5.75 Å². The lowest BCUT2D eigenvalue weighted by Gasteiger charge is -2.15. The van der Waals surface area contributed by atoms with E-state index >= 15 is 0 Å². The molecule has 1 unspecified atom stereocenters. The third kappa shape index (κ3) is 5.32. The second kappa shape index (κ2) is 7.27. The van der Waals surface area contributed by atoms with Crippen LogP contribution in [0.4, 0.5) is 0 Å². The van der Waals surface area contributed by atoms with Gasteiger partial charge in [0.25, 0.3) is 0 Å². The Labute approximate surface area is 128 Å². The second-order valence-electron chi connectivity index (χ2n) is 6.00. The van der Waals surface area contributed by atoms with Gasteiger partial charge in [-0.1, -0.05) is 12.1 Å². The molecule has 21 heavy (non-hydrogen) atoms. The highest BCUT2D eigenvalue weighted by molar-refractivity contribution is 7.91. The molecule has 0 aliphatic rings. The Morgan fingerprint density at radius 3 is 2.10 bits per heavy atom. The average molecular weight is 313 g/mol. The van der Waals surface area contributed by atoms with E-state index in [0.29, 0.717) is 0 Å². The van der Waals surface area contributed by atoms with E-state index in [1.54, 1.807) is 13.8 Å². The predicted octanol–water partition coefficient (Wildman–Crippen LogP) is 2.40. The molecule has 0 spiro atoms. The molecule has 120 valence electrons. The van der Waals surface area contributed by atoms with Gasteiger partial charge in [-0.05, 0) is 57.7 Å². The Bertz CT molecular complexity index is 554. The molecule has 4 nitrogen and oxygen atoms in total. The Balaban J connectivity index is 2.77. The number of hydrogen-bond donors (Lipinski definition) is 1. The second-order valence-corrected chi connectivity index (χ2v) is 8.68. The van der Waals surface area contributed by atoms with Crippen LogP contribution in [-0.4, -0.2) is 32.1 Å². The largest absolute Gasteiger partial charge is 0.492 e. The molecule has 0 radical (unpaired) electrons. The van der Waals surface area contributed by atoms with Crippen molar-refractivity contribution in [2.75, 3.05) is 12.4 Å². The molecule has 5 heteroatoms. The summed E-state index contributed by atoms with van der Waals surface area (Å²) in [5.41, 5.74) is 9.05. The van der Waals surface area contributed by atoms with Crippen LogP contribution in [0.15, 0.2) is 12.1 Å². The summed E-state index contributed by atoms with van der Waals surface area (Å²) in [6, 6.07) is 4.23. The first kappa shape index (κ1) is 18.0. The van der Waals surface area contributed by atoms with Crippen molar-refractivity contribution in [2.24, 2.45) is 5.73 Å². The predicted molar refractivity (Wildman–Crippen MR) is 87.7 cm³/mol. The molecule has 0 saturated carbocycles. The topological polar surface area (TPSA) is 69.4 Å². The minimum absolute atomic E-state index is 0.0468. The molecule has 0 saturated heterocycles. The summed E-state index contributed by atoms with van der Waals surface area (Å²) in [6.45, 7) is 9.50. The fraction of sp³-hybridized carbons (Fsp3) is 0.625. The summed E-state index contributed by atoms with van der Waals surface area (Å²) in [6.07, 6.45) is 0.823. The van der Waals surface area contributed by atoms with Gasteiger partial charge in [-0.2, -0.15) is 0 Å².